The molecule has 3 heterocycles. The van der Waals surface area contributed by atoms with Crippen molar-refractivity contribution in [2.75, 3.05) is 37.8 Å². The minimum absolute atomic E-state index is 0.0232. The predicted octanol–water partition coefficient (Wildman–Crippen LogP) is -0.938. The minimum Gasteiger partial charge on any atom is -0.386 e. The Morgan fingerprint density at radius 2 is 1.70 bits per heavy atom. The number of carbonyl (C=O) groups excluding carboxylic acids is 3. The van der Waals surface area contributed by atoms with Crippen LogP contribution < -0.4 is 16.4 Å². The van der Waals surface area contributed by atoms with Gasteiger partial charge in [-0.2, -0.15) is 4.31 Å². The van der Waals surface area contributed by atoms with Crippen molar-refractivity contribution < 1.29 is 85.0 Å². The molecule has 29 heteroatoms. The maximum absolute atomic E-state index is 12.6. The van der Waals surface area contributed by atoms with Gasteiger partial charge in [0, 0.05) is 36.6 Å². The molecular formula is C25H44N7O18P3S. The molecule has 8 atom stereocenters. The zero-order valence-electron chi connectivity index (χ0n) is 29.1. The van der Waals surface area contributed by atoms with Crippen LogP contribution in [0.2, 0.25) is 0 Å². The molecule has 25 nitrogen and oxygen atoms in total. The van der Waals surface area contributed by atoms with E-state index < -0.39 is 95.7 Å². The number of phosphoric acid groups is 3. The number of aliphatic hydroxyl groups excluding tert-OH is 2. The van der Waals surface area contributed by atoms with E-state index in [0.717, 1.165) is 17.2 Å². The van der Waals surface area contributed by atoms with Crippen molar-refractivity contribution in [2.24, 2.45) is 11.3 Å². The van der Waals surface area contributed by atoms with Gasteiger partial charge in [-0.1, -0.05) is 38.9 Å². The number of nitrogens with zero attached hydrogens (tertiary/aromatic N) is 4. The monoisotopic (exact) mass is 855 g/mol. The Labute approximate surface area is 309 Å². The highest BCUT2D eigenvalue weighted by Crippen LogP contribution is 2.61. The van der Waals surface area contributed by atoms with Gasteiger partial charge < -0.3 is 55.4 Å². The quantitative estimate of drug-likeness (QED) is 0.0565. The van der Waals surface area contributed by atoms with E-state index in [2.05, 4.69) is 34.4 Å². The number of nitrogens with one attached hydrogen (secondary N) is 2. The zero-order chi connectivity index (χ0) is 40.8. The van der Waals surface area contributed by atoms with Crippen LogP contribution in [0.4, 0.5) is 5.82 Å². The Morgan fingerprint density at radius 3 is 2.33 bits per heavy atom. The molecule has 0 spiro atoms. The molecule has 11 N–H and O–H groups in total. The average Bonchev–Trinajstić information content (AvgIpc) is 3.62. The van der Waals surface area contributed by atoms with Crippen molar-refractivity contribution in [3.8, 4) is 0 Å². The molecule has 0 aromatic carbocycles. The van der Waals surface area contributed by atoms with Crippen LogP contribution in [0.15, 0.2) is 12.7 Å². The van der Waals surface area contributed by atoms with Crippen molar-refractivity contribution in [3.05, 3.63) is 12.7 Å². The maximum atomic E-state index is 12.6. The predicted molar refractivity (Wildman–Crippen MR) is 186 cm³/mol. The third kappa shape index (κ3) is 13.0. The van der Waals surface area contributed by atoms with Crippen LogP contribution in [0, 0.1) is 11.3 Å². The third-order valence-corrected chi connectivity index (χ3v) is 12.2. The largest absolute Gasteiger partial charge is 0.481 e. The molecule has 4 unspecified atom stereocenters. The van der Waals surface area contributed by atoms with Gasteiger partial charge >= 0.3 is 23.5 Å². The van der Waals surface area contributed by atoms with Gasteiger partial charge in [-0.05, 0) is 0 Å². The molecular weight excluding hydrogens is 811 g/mol. The van der Waals surface area contributed by atoms with E-state index in [1.165, 1.54) is 13.8 Å². The van der Waals surface area contributed by atoms with Gasteiger partial charge in [0.05, 0.1) is 19.5 Å². The second-order valence-corrected chi connectivity index (χ2v) is 18.6. The topological polar surface area (TPSA) is 384 Å². The number of rotatable bonds is 20. The number of nitrogens with two attached hydrogens (primary N) is 1. The number of fused-ring (bicyclic) bond motifs is 1. The molecule has 0 radical (unpaired) electrons. The summed E-state index contributed by atoms with van der Waals surface area (Å²) in [6.45, 7) is 3.48. The van der Waals surface area contributed by atoms with E-state index in [4.69, 9.17) is 19.5 Å². The second kappa shape index (κ2) is 18.6. The number of phosphoric ester groups is 3. The van der Waals surface area contributed by atoms with Gasteiger partial charge in [-0.3, -0.25) is 32.5 Å². The van der Waals surface area contributed by atoms with Crippen molar-refractivity contribution in [1.29, 1.82) is 0 Å². The summed E-state index contributed by atoms with van der Waals surface area (Å²) in [5.74, 6) is -1.87. The fourth-order valence-electron chi connectivity index (χ4n) is 4.65. The number of aromatic nitrogens is 4. The van der Waals surface area contributed by atoms with Gasteiger partial charge in [0.25, 0.3) is 0 Å². The number of carbonyl (C=O) groups is 3. The number of ether oxygens (including phenoxy) is 1. The molecule has 308 valence electrons. The Morgan fingerprint density at radius 1 is 1.06 bits per heavy atom. The van der Waals surface area contributed by atoms with Gasteiger partial charge in [-0.25, -0.2) is 28.6 Å². The Bertz CT molecular complexity index is 1800. The summed E-state index contributed by atoms with van der Waals surface area (Å²) in [4.78, 5) is 87.1. The first kappa shape index (κ1) is 45.9. The third-order valence-electron chi connectivity index (χ3n) is 7.47. The summed E-state index contributed by atoms with van der Waals surface area (Å²) >= 11 is -1.90. The van der Waals surface area contributed by atoms with Gasteiger partial charge in [0.2, 0.25) is 11.8 Å². The Balaban J connectivity index is 1.52. The summed E-state index contributed by atoms with van der Waals surface area (Å²) in [6, 6.07) is 0. The zero-order valence-corrected chi connectivity index (χ0v) is 32.7. The fourth-order valence-corrected chi connectivity index (χ4v) is 8.62. The van der Waals surface area contributed by atoms with Crippen molar-refractivity contribution in [2.45, 2.75) is 64.8 Å². The average molecular weight is 856 g/mol. The lowest BCUT2D eigenvalue weighted by Gasteiger charge is -2.30. The molecule has 2 amide bonds. The van der Waals surface area contributed by atoms with Crippen LogP contribution in [-0.2, 0) is 50.7 Å². The Kier molecular flexibility index (Phi) is 15.8. The number of hydrogen-bond donors (Lipinski definition) is 11. The molecule has 2 aromatic heterocycles. The highest BCUT2D eigenvalue weighted by Gasteiger charge is 2.50. The first-order valence-electron chi connectivity index (χ1n) is 15.7. The number of hydrogen-bond acceptors (Lipinski definition) is 18. The summed E-state index contributed by atoms with van der Waals surface area (Å²) in [5.41, 5.74) is 4.22. The number of thiol groups is 1. The standard InChI is InChI=1S/C25H44N7O18P3S/c1-13(2)24(37)54(45)8-7-27-15(33)5-6-28-22(36)19(35)25(3,4)10-47-53(43,44)50-52(41,42)46-9-14-18(49-51(38,39)40)17(34)23(48-14)32-12-31-16-20(26)29-11-30-21(16)32/h11-14,17-19,23,34-35,45,54H,5-10H2,1-4H3,(H,27,33)(H,28,36)(H,41,42)(H,43,44)(H2,26,29,30)(H2,38,39,40)/t14-,17-,18-,19?,23-/m1/s1. The summed E-state index contributed by atoms with van der Waals surface area (Å²) in [6.07, 6.45) is -7.03. The number of aliphatic hydroxyl groups is 2. The van der Waals surface area contributed by atoms with Crippen LogP contribution >= 0.6 is 34.6 Å². The first-order valence-corrected chi connectivity index (χ1v) is 21.7. The van der Waals surface area contributed by atoms with Crippen molar-refractivity contribution >= 4 is 68.6 Å². The molecule has 0 aliphatic carbocycles. The van der Waals surface area contributed by atoms with Crippen LogP contribution in [0.25, 0.3) is 11.2 Å². The van der Waals surface area contributed by atoms with E-state index in [1.807, 2.05) is 0 Å². The van der Waals surface area contributed by atoms with E-state index in [0.29, 0.717) is 0 Å². The van der Waals surface area contributed by atoms with Gasteiger partial charge in [0.1, 0.15) is 36.3 Å². The van der Waals surface area contributed by atoms with Crippen LogP contribution in [0.5, 0.6) is 0 Å². The summed E-state index contributed by atoms with van der Waals surface area (Å²) < 4.78 is 71.8. The lowest BCUT2D eigenvalue weighted by atomic mass is 9.87. The highest BCUT2D eigenvalue weighted by atomic mass is 32.2. The van der Waals surface area contributed by atoms with Crippen molar-refractivity contribution in [3.63, 3.8) is 0 Å². The molecule has 0 saturated carbocycles. The molecule has 0 bridgehead atoms. The number of nitrogen functional groups attached to an aromatic ring is 1. The normalized spacial score (nSPS) is 23.1. The number of anilines is 1. The lowest BCUT2D eigenvalue weighted by molar-refractivity contribution is -0.137. The molecule has 3 rings (SSSR count). The van der Waals surface area contributed by atoms with E-state index in [1.54, 1.807) is 13.8 Å². The van der Waals surface area contributed by atoms with Crippen LogP contribution in [0.1, 0.15) is 40.3 Å². The molecule has 2 aromatic rings. The smallest absolute Gasteiger partial charge is 0.386 e. The van der Waals surface area contributed by atoms with E-state index in [-0.39, 0.29) is 53.3 Å². The molecule has 54 heavy (non-hydrogen) atoms. The molecule has 1 aliphatic rings. The minimum atomic E-state index is -5.58. The van der Waals surface area contributed by atoms with E-state index in [9.17, 15) is 62.4 Å². The Hall–Kier alpha value is -2.48. The lowest BCUT2D eigenvalue weighted by Crippen LogP contribution is -2.46. The van der Waals surface area contributed by atoms with E-state index >= 15 is 0 Å². The van der Waals surface area contributed by atoms with Crippen molar-refractivity contribution in [1.82, 2.24) is 30.2 Å². The highest BCUT2D eigenvalue weighted by molar-refractivity contribution is 8.25. The fraction of sp³-hybridized carbons (Fsp3) is 0.680. The van der Waals surface area contributed by atoms with Crippen LogP contribution in [0.3, 0.4) is 0 Å². The summed E-state index contributed by atoms with van der Waals surface area (Å²) in [5, 5.41) is 25.9. The maximum Gasteiger partial charge on any atom is 0.481 e. The first-order chi connectivity index (χ1) is 24.8. The second-order valence-electron chi connectivity index (χ2n) is 12.7. The van der Waals surface area contributed by atoms with Gasteiger partial charge in [0.15, 0.2) is 22.8 Å². The molecule has 1 aliphatic heterocycles. The molecule has 1 fully saturated rings. The molecule has 1 saturated heterocycles. The van der Waals surface area contributed by atoms with Crippen LogP contribution in [-0.4, -0.2) is 127 Å². The SMILES string of the molecule is CC(C)C(=O)[SH](O)CCNC(=O)CCNC(=O)C(O)C(C)(C)COP(=O)(O)OP(=O)(O)OC[C@H]1O[C@@H](n2cnc3c(N)ncnc32)[C@H](O)[C@@H]1OP(=O)(O)O. The number of imidazole rings is 1. The number of amides is 2. The summed E-state index contributed by atoms with van der Waals surface area (Å²) in [7, 11) is -16.4. The van der Waals surface area contributed by atoms with Gasteiger partial charge in [-0.15, -0.1) is 0 Å².